The van der Waals surface area contributed by atoms with Gasteiger partial charge in [-0.25, -0.2) is 4.98 Å². The molecule has 1 aliphatic carbocycles. The zero-order valence-corrected chi connectivity index (χ0v) is 22.1. The van der Waals surface area contributed by atoms with Crippen molar-refractivity contribution >= 4 is 28.7 Å². The molecule has 1 aromatic heterocycles. The van der Waals surface area contributed by atoms with Crippen LogP contribution in [0.3, 0.4) is 0 Å². The predicted octanol–water partition coefficient (Wildman–Crippen LogP) is 3.41. The van der Waals surface area contributed by atoms with Crippen molar-refractivity contribution in [3.63, 3.8) is 0 Å². The number of hydrogen-bond donors (Lipinski definition) is 1. The number of carboxylic acid groups (broad SMARTS) is 1. The molecule has 2 bridgehead atoms. The summed E-state index contributed by atoms with van der Waals surface area (Å²) in [5, 5.41) is 9.11. The van der Waals surface area contributed by atoms with Gasteiger partial charge in [-0.15, -0.1) is 0 Å². The third kappa shape index (κ3) is 4.81. The Morgan fingerprint density at radius 2 is 1.55 bits per heavy atom. The molecule has 6 rings (SSSR count). The second-order valence-corrected chi connectivity index (χ2v) is 11.7. The highest BCUT2D eigenvalue weighted by Crippen LogP contribution is 2.44. The van der Waals surface area contributed by atoms with Crippen molar-refractivity contribution in [2.24, 2.45) is 0 Å². The van der Waals surface area contributed by atoms with Crippen molar-refractivity contribution in [1.29, 1.82) is 0 Å². The van der Waals surface area contributed by atoms with Crippen molar-refractivity contribution in [3.8, 4) is 0 Å². The number of benzene rings is 1. The predicted molar refractivity (Wildman–Crippen MR) is 145 cm³/mol. The lowest BCUT2D eigenvalue weighted by Gasteiger charge is -2.45. The Hall–Kier alpha value is -2.94. The Balaban J connectivity index is 1.29. The van der Waals surface area contributed by atoms with Crippen LogP contribution in [0.5, 0.6) is 0 Å². The first kappa shape index (κ1) is 25.3. The van der Waals surface area contributed by atoms with Gasteiger partial charge in [-0.1, -0.05) is 44.2 Å². The minimum absolute atomic E-state index is 0.0285. The van der Waals surface area contributed by atoms with E-state index in [2.05, 4.69) is 4.90 Å². The summed E-state index contributed by atoms with van der Waals surface area (Å²) in [5.41, 5.74) is 1.49. The van der Waals surface area contributed by atoms with Gasteiger partial charge in [0.25, 0.3) is 5.56 Å². The van der Waals surface area contributed by atoms with Crippen molar-refractivity contribution in [2.45, 2.75) is 94.8 Å². The average molecular weight is 522 g/mol. The largest absolute Gasteiger partial charge is 0.480 e. The Morgan fingerprint density at radius 3 is 2.24 bits per heavy atom. The monoisotopic (exact) mass is 521 g/mol. The van der Waals surface area contributed by atoms with E-state index in [9.17, 15) is 14.4 Å². The summed E-state index contributed by atoms with van der Waals surface area (Å²) in [6.07, 6.45) is 13.8. The summed E-state index contributed by atoms with van der Waals surface area (Å²) in [7, 11) is 0. The van der Waals surface area contributed by atoms with E-state index in [0.717, 1.165) is 23.9 Å². The summed E-state index contributed by atoms with van der Waals surface area (Å²) in [5.74, 6) is -1.01. The normalized spacial score (nSPS) is 27.5. The Morgan fingerprint density at radius 1 is 0.868 bits per heavy atom. The SMILES string of the molecule is O=C(O)CN1CCN(c2nc3ccccc3n(C3C[C@H]4CC[C@@H](C3)N4C3CCCCCCC3)c2=O)CC1=O. The Labute approximate surface area is 223 Å². The number of fused-ring (bicyclic) bond motifs is 3. The van der Waals surface area contributed by atoms with Gasteiger partial charge in [-0.05, 0) is 50.7 Å². The summed E-state index contributed by atoms with van der Waals surface area (Å²) < 4.78 is 1.98. The van der Waals surface area contributed by atoms with Crippen LogP contribution in [0.4, 0.5) is 5.82 Å². The first-order chi connectivity index (χ1) is 18.5. The molecule has 1 amide bonds. The molecule has 1 unspecified atom stereocenters. The molecular formula is C29H39N5O4. The quantitative estimate of drug-likeness (QED) is 0.644. The van der Waals surface area contributed by atoms with Crippen molar-refractivity contribution in [1.82, 2.24) is 19.4 Å². The molecule has 4 heterocycles. The molecule has 9 nitrogen and oxygen atoms in total. The molecule has 1 saturated carbocycles. The number of piperazine rings is 1. The lowest BCUT2D eigenvalue weighted by molar-refractivity contribution is -0.144. The highest BCUT2D eigenvalue weighted by molar-refractivity contribution is 5.86. The fraction of sp³-hybridized carbons (Fsp3) is 0.655. The van der Waals surface area contributed by atoms with Crippen LogP contribution >= 0.6 is 0 Å². The Bertz CT molecular complexity index is 1240. The van der Waals surface area contributed by atoms with Gasteiger partial charge >= 0.3 is 5.97 Å². The number of nitrogens with zero attached hydrogens (tertiary/aromatic N) is 5. The van der Waals surface area contributed by atoms with Gasteiger partial charge in [0.1, 0.15) is 6.54 Å². The third-order valence-electron chi connectivity index (χ3n) is 9.35. The van der Waals surface area contributed by atoms with E-state index in [0.29, 0.717) is 30.5 Å². The number of carbonyl (C=O) groups excluding carboxylic acids is 1. The Kier molecular flexibility index (Phi) is 7.12. The molecule has 4 fully saturated rings. The van der Waals surface area contributed by atoms with E-state index in [4.69, 9.17) is 10.1 Å². The maximum atomic E-state index is 14.1. The number of piperidine rings is 1. The number of aromatic nitrogens is 2. The lowest BCUT2D eigenvalue weighted by atomic mass is 9.89. The molecule has 38 heavy (non-hydrogen) atoms. The van der Waals surface area contributed by atoms with E-state index in [1.54, 1.807) is 4.90 Å². The fourth-order valence-corrected chi connectivity index (χ4v) is 7.65. The molecule has 0 spiro atoms. The summed E-state index contributed by atoms with van der Waals surface area (Å²) in [6, 6.07) is 9.67. The molecule has 3 aliphatic heterocycles. The summed E-state index contributed by atoms with van der Waals surface area (Å²) >= 11 is 0. The van der Waals surface area contributed by atoms with Crippen molar-refractivity contribution < 1.29 is 14.7 Å². The zero-order valence-electron chi connectivity index (χ0n) is 22.1. The number of carboxylic acids is 1. The topological polar surface area (TPSA) is 99.0 Å². The minimum Gasteiger partial charge on any atom is -0.480 e. The van der Waals surface area contributed by atoms with Gasteiger partial charge in [0.15, 0.2) is 5.82 Å². The second-order valence-electron chi connectivity index (χ2n) is 11.7. The molecule has 1 N–H and O–H groups in total. The zero-order chi connectivity index (χ0) is 26.2. The molecule has 1 aromatic carbocycles. The van der Waals surface area contributed by atoms with Crippen LogP contribution in [0, 0.1) is 0 Å². The number of hydrogen-bond acceptors (Lipinski definition) is 6. The molecular weight excluding hydrogens is 482 g/mol. The van der Waals surface area contributed by atoms with Gasteiger partial charge in [-0.2, -0.15) is 0 Å². The van der Waals surface area contributed by atoms with Crippen LogP contribution in [0.15, 0.2) is 29.1 Å². The van der Waals surface area contributed by atoms with Gasteiger partial charge in [0.05, 0.1) is 17.6 Å². The van der Waals surface area contributed by atoms with Crippen molar-refractivity contribution in [3.05, 3.63) is 34.6 Å². The number of amides is 1. The number of aliphatic carboxylic acids is 1. The number of anilines is 1. The third-order valence-corrected chi connectivity index (χ3v) is 9.35. The maximum absolute atomic E-state index is 14.1. The fourth-order valence-electron chi connectivity index (χ4n) is 7.65. The molecule has 3 saturated heterocycles. The van der Waals surface area contributed by atoms with Crippen LogP contribution < -0.4 is 10.5 Å². The number of carbonyl (C=O) groups is 2. The van der Waals surface area contributed by atoms with Gasteiger partial charge < -0.3 is 19.5 Å². The molecule has 3 atom stereocenters. The molecule has 4 aliphatic rings. The number of para-hydroxylation sites is 2. The smallest absolute Gasteiger partial charge is 0.323 e. The van der Waals surface area contributed by atoms with Crippen molar-refractivity contribution in [2.75, 3.05) is 31.1 Å². The van der Waals surface area contributed by atoms with E-state index in [-0.39, 0.29) is 37.1 Å². The van der Waals surface area contributed by atoms with E-state index in [1.807, 2.05) is 28.8 Å². The van der Waals surface area contributed by atoms with E-state index >= 15 is 0 Å². The minimum atomic E-state index is -1.03. The second kappa shape index (κ2) is 10.7. The van der Waals surface area contributed by atoms with Crippen LogP contribution in [-0.4, -0.2) is 80.6 Å². The summed E-state index contributed by atoms with van der Waals surface area (Å²) in [6.45, 7) is 0.317. The lowest BCUT2D eigenvalue weighted by Crippen LogP contribution is -2.54. The van der Waals surface area contributed by atoms with Crippen LogP contribution in [0.2, 0.25) is 0 Å². The van der Waals surface area contributed by atoms with E-state index in [1.165, 1.54) is 62.7 Å². The van der Waals surface area contributed by atoms with Gasteiger partial charge in [0.2, 0.25) is 5.91 Å². The standard InChI is InChI=1S/C29H39N5O4/c35-26-18-32(15-14-31(26)19-27(36)37)28-29(38)34(25-11-7-6-10-24(25)30-28)23-16-21-12-13-22(17-23)33(21)20-8-4-2-1-3-5-9-20/h6-7,10-11,20-23H,1-5,8-9,12-19H2,(H,36,37)/t21-,22+,23?. The van der Waals surface area contributed by atoms with Crippen LogP contribution in [0.25, 0.3) is 11.0 Å². The number of rotatable bonds is 5. The van der Waals surface area contributed by atoms with Crippen LogP contribution in [-0.2, 0) is 9.59 Å². The van der Waals surface area contributed by atoms with Gasteiger partial charge in [-0.3, -0.25) is 19.3 Å². The van der Waals surface area contributed by atoms with Crippen LogP contribution in [0.1, 0.15) is 76.7 Å². The van der Waals surface area contributed by atoms with E-state index < -0.39 is 5.97 Å². The average Bonchev–Trinajstić information content (AvgIpc) is 3.13. The first-order valence-electron chi connectivity index (χ1n) is 14.5. The van der Waals surface area contributed by atoms with Gasteiger partial charge in [0, 0.05) is 37.3 Å². The first-order valence-corrected chi connectivity index (χ1v) is 14.5. The molecule has 9 heteroatoms. The highest BCUT2D eigenvalue weighted by atomic mass is 16.4. The maximum Gasteiger partial charge on any atom is 0.323 e. The molecule has 0 radical (unpaired) electrons. The summed E-state index contributed by atoms with van der Waals surface area (Å²) in [4.78, 5) is 48.5. The molecule has 204 valence electrons. The molecule has 2 aromatic rings. The highest BCUT2D eigenvalue weighted by Gasteiger charge is 2.44.